The summed E-state index contributed by atoms with van der Waals surface area (Å²) in [5.74, 6) is -1.23. The average molecular weight is 575 g/mol. The topological polar surface area (TPSA) is 109 Å². The number of hydrogen-bond donors (Lipinski definition) is 2. The first-order valence-electron chi connectivity index (χ1n) is 13.2. The van der Waals surface area contributed by atoms with Gasteiger partial charge in [-0.25, -0.2) is 14.4 Å². The molecule has 2 aromatic heterocycles. The number of aliphatic hydroxyl groups is 2. The van der Waals surface area contributed by atoms with Crippen molar-refractivity contribution in [2.24, 2.45) is 0 Å². The van der Waals surface area contributed by atoms with Crippen LogP contribution in [0.3, 0.4) is 0 Å². The van der Waals surface area contributed by atoms with Gasteiger partial charge in [0.15, 0.2) is 11.5 Å². The fourth-order valence-corrected chi connectivity index (χ4v) is 5.30. The number of carbonyl (C=O) groups is 1. The van der Waals surface area contributed by atoms with Crippen LogP contribution in [-0.4, -0.2) is 48.2 Å². The van der Waals surface area contributed by atoms with Crippen molar-refractivity contribution in [2.45, 2.75) is 50.2 Å². The summed E-state index contributed by atoms with van der Waals surface area (Å²) in [4.78, 5) is 28.5. The minimum Gasteiger partial charge on any atom is -0.387 e. The second-order valence-corrected chi connectivity index (χ2v) is 11.3. The molecular weight excluding hydrogens is 547 g/mol. The Morgan fingerprint density at radius 2 is 1.80 bits per heavy atom. The molecule has 1 aliphatic carbocycles. The number of pyridine rings is 1. The van der Waals surface area contributed by atoms with E-state index in [-0.39, 0.29) is 35.7 Å². The lowest BCUT2D eigenvalue weighted by molar-refractivity contribution is -0.139. The highest BCUT2D eigenvalue weighted by atomic mass is 35.5. The van der Waals surface area contributed by atoms with Crippen molar-refractivity contribution in [3.8, 4) is 0 Å². The summed E-state index contributed by atoms with van der Waals surface area (Å²) in [6.07, 6.45) is 5.71. The summed E-state index contributed by atoms with van der Waals surface area (Å²) >= 11 is 6.21. The molecule has 10 heteroatoms. The third kappa shape index (κ3) is 4.78. The first kappa shape index (κ1) is 27.4. The molecule has 3 heterocycles. The molecule has 1 fully saturated rings. The second-order valence-electron chi connectivity index (χ2n) is 10.9. The standard InChI is InChI=1S/C31H28ClFN4O4/c1-19-4-9-23(36-16-19)17-37-27(38)24-14-21(29(2,39)28-34-12-3-13-35-28)15-25(33)26(24)31(37,41-18-30(40)10-11-30)20-5-7-22(32)8-6-20/h3-9,12-16,39-40H,10-11,17-18H2,1-2H3/t29?,31-/m1/s1. The van der Waals surface area contributed by atoms with E-state index in [2.05, 4.69) is 15.0 Å². The number of rotatable bonds is 8. The zero-order chi connectivity index (χ0) is 29.0. The lowest BCUT2D eigenvalue weighted by Crippen LogP contribution is -2.48. The highest BCUT2D eigenvalue weighted by molar-refractivity contribution is 6.30. The van der Waals surface area contributed by atoms with Crippen LogP contribution in [0.4, 0.5) is 4.39 Å². The van der Waals surface area contributed by atoms with Gasteiger partial charge in [-0.15, -0.1) is 0 Å². The number of amides is 1. The summed E-state index contributed by atoms with van der Waals surface area (Å²) in [7, 11) is 0. The molecule has 1 saturated carbocycles. The molecule has 41 heavy (non-hydrogen) atoms. The van der Waals surface area contributed by atoms with Crippen molar-refractivity contribution in [3.63, 3.8) is 0 Å². The molecule has 0 saturated heterocycles. The number of hydrogen-bond acceptors (Lipinski definition) is 7. The molecule has 2 N–H and O–H groups in total. The van der Waals surface area contributed by atoms with E-state index < -0.39 is 28.7 Å². The van der Waals surface area contributed by atoms with E-state index in [0.717, 1.165) is 5.56 Å². The molecular formula is C31H28ClFN4O4. The third-order valence-corrected chi connectivity index (χ3v) is 8.01. The number of carbonyl (C=O) groups excluding carboxylic acids is 1. The maximum Gasteiger partial charge on any atom is 0.257 e. The van der Waals surface area contributed by atoms with Crippen molar-refractivity contribution in [1.29, 1.82) is 0 Å². The smallest absolute Gasteiger partial charge is 0.257 e. The van der Waals surface area contributed by atoms with E-state index in [9.17, 15) is 15.0 Å². The summed E-state index contributed by atoms with van der Waals surface area (Å²) in [5, 5.41) is 22.6. The Hall–Kier alpha value is -3.76. The molecule has 2 atom stereocenters. The summed E-state index contributed by atoms with van der Waals surface area (Å²) in [5.41, 5.74) is -2.55. The number of halogens is 2. The van der Waals surface area contributed by atoms with Crippen molar-refractivity contribution in [3.05, 3.63) is 123 Å². The molecule has 1 unspecified atom stereocenters. The first-order chi connectivity index (χ1) is 19.5. The van der Waals surface area contributed by atoms with E-state index in [1.807, 2.05) is 13.0 Å². The monoisotopic (exact) mass is 574 g/mol. The summed E-state index contributed by atoms with van der Waals surface area (Å²) < 4.78 is 23.0. The van der Waals surface area contributed by atoms with Gasteiger partial charge in [0.1, 0.15) is 11.4 Å². The molecule has 8 nitrogen and oxygen atoms in total. The first-order valence-corrected chi connectivity index (χ1v) is 13.6. The fraction of sp³-hybridized carbons (Fsp3) is 0.290. The van der Waals surface area contributed by atoms with Gasteiger partial charge in [-0.05, 0) is 74.2 Å². The van der Waals surface area contributed by atoms with Crippen LogP contribution in [0.25, 0.3) is 0 Å². The number of nitrogens with zero attached hydrogens (tertiary/aromatic N) is 4. The normalized spacial score (nSPS) is 20.5. The highest BCUT2D eigenvalue weighted by Gasteiger charge is 2.56. The summed E-state index contributed by atoms with van der Waals surface area (Å²) in [6.45, 7) is 3.21. The number of aromatic nitrogens is 3. The Morgan fingerprint density at radius 3 is 2.44 bits per heavy atom. The van der Waals surface area contributed by atoms with Crippen LogP contribution >= 0.6 is 11.6 Å². The van der Waals surface area contributed by atoms with Crippen LogP contribution in [0.1, 0.15) is 63.9 Å². The van der Waals surface area contributed by atoms with Gasteiger partial charge in [0.05, 0.1) is 35.6 Å². The number of aryl methyl sites for hydroxylation is 1. The molecule has 0 bridgehead atoms. The zero-order valence-electron chi connectivity index (χ0n) is 22.5. The maximum absolute atomic E-state index is 16.5. The fourth-order valence-electron chi connectivity index (χ4n) is 5.18. The van der Waals surface area contributed by atoms with E-state index in [0.29, 0.717) is 29.1 Å². The van der Waals surface area contributed by atoms with Gasteiger partial charge in [-0.2, -0.15) is 0 Å². The van der Waals surface area contributed by atoms with Crippen molar-refractivity contribution < 1.29 is 24.1 Å². The number of fused-ring (bicyclic) bond motifs is 1. The Balaban J connectivity index is 1.56. The quantitative estimate of drug-likeness (QED) is 0.316. The van der Waals surface area contributed by atoms with E-state index in [1.54, 1.807) is 42.6 Å². The second kappa shape index (κ2) is 9.95. The molecule has 2 aliphatic rings. The SMILES string of the molecule is Cc1ccc(CN2C(=O)c3cc(C(C)(O)c4ncccn4)cc(F)c3[C@]2(OCC2(O)CC2)c2ccc(Cl)cc2)nc1. The van der Waals surface area contributed by atoms with Gasteiger partial charge in [-0.3, -0.25) is 14.7 Å². The van der Waals surface area contributed by atoms with Crippen LogP contribution in [0.5, 0.6) is 0 Å². The predicted octanol–water partition coefficient (Wildman–Crippen LogP) is 4.63. The van der Waals surface area contributed by atoms with Crippen LogP contribution < -0.4 is 0 Å². The van der Waals surface area contributed by atoms with E-state index in [4.69, 9.17) is 16.3 Å². The lowest BCUT2D eigenvalue weighted by atomic mass is 9.87. The van der Waals surface area contributed by atoms with Gasteiger partial charge in [0.2, 0.25) is 0 Å². The molecule has 6 rings (SSSR count). The molecule has 2 aromatic carbocycles. The average Bonchev–Trinajstić information content (AvgIpc) is 3.66. The van der Waals surface area contributed by atoms with Crippen LogP contribution in [0, 0.1) is 12.7 Å². The predicted molar refractivity (Wildman–Crippen MR) is 148 cm³/mol. The van der Waals surface area contributed by atoms with Gasteiger partial charge >= 0.3 is 0 Å². The van der Waals surface area contributed by atoms with Crippen molar-refractivity contribution >= 4 is 17.5 Å². The molecule has 0 radical (unpaired) electrons. The number of ether oxygens (including phenoxy) is 1. The highest BCUT2D eigenvalue weighted by Crippen LogP contribution is 2.50. The van der Waals surface area contributed by atoms with Crippen molar-refractivity contribution in [2.75, 3.05) is 6.61 Å². The van der Waals surface area contributed by atoms with Crippen LogP contribution in [0.15, 0.2) is 73.2 Å². The van der Waals surface area contributed by atoms with E-state index in [1.165, 1.54) is 36.4 Å². The number of benzene rings is 2. The molecule has 1 amide bonds. The minimum atomic E-state index is -1.80. The van der Waals surface area contributed by atoms with Crippen LogP contribution in [0.2, 0.25) is 5.02 Å². The Morgan fingerprint density at radius 1 is 1.10 bits per heavy atom. The van der Waals surface area contributed by atoms with Gasteiger partial charge in [0, 0.05) is 29.2 Å². The third-order valence-electron chi connectivity index (χ3n) is 7.75. The van der Waals surface area contributed by atoms with Gasteiger partial charge in [0.25, 0.3) is 5.91 Å². The Kier molecular flexibility index (Phi) is 6.66. The molecule has 4 aromatic rings. The van der Waals surface area contributed by atoms with Crippen LogP contribution in [-0.2, 0) is 22.6 Å². The van der Waals surface area contributed by atoms with E-state index >= 15 is 4.39 Å². The summed E-state index contributed by atoms with van der Waals surface area (Å²) in [6, 6.07) is 14.6. The molecule has 0 spiro atoms. The van der Waals surface area contributed by atoms with Gasteiger partial charge in [-0.1, -0.05) is 29.8 Å². The van der Waals surface area contributed by atoms with Gasteiger partial charge < -0.3 is 14.9 Å². The largest absolute Gasteiger partial charge is 0.387 e. The Bertz CT molecular complexity index is 1610. The zero-order valence-corrected chi connectivity index (χ0v) is 23.3. The molecule has 210 valence electrons. The van der Waals surface area contributed by atoms with Crippen molar-refractivity contribution in [1.82, 2.24) is 19.9 Å². The lowest BCUT2D eigenvalue weighted by Gasteiger charge is -2.40. The Labute approximate surface area is 241 Å². The maximum atomic E-state index is 16.5. The minimum absolute atomic E-state index is 0.0121. The molecule has 1 aliphatic heterocycles.